The van der Waals surface area contributed by atoms with E-state index in [4.69, 9.17) is 4.74 Å². The molecule has 1 saturated heterocycles. The molecular weight excluding hydrogens is 516 g/mol. The summed E-state index contributed by atoms with van der Waals surface area (Å²) < 4.78 is 84.2. The molecule has 0 radical (unpaired) electrons. The van der Waals surface area contributed by atoms with Gasteiger partial charge in [0, 0.05) is 23.9 Å². The minimum absolute atomic E-state index is 0.0647. The molecule has 13 heteroatoms. The van der Waals surface area contributed by atoms with Crippen LogP contribution in [0.15, 0.2) is 59.8 Å². The van der Waals surface area contributed by atoms with Crippen LogP contribution in [0.4, 0.5) is 17.6 Å². The molecule has 0 spiro atoms. The number of hydrogen-bond donors (Lipinski definition) is 1. The number of rotatable bonds is 7. The molecular formula is C24H22F4N4O4S. The molecule has 3 aromatic rings. The van der Waals surface area contributed by atoms with Gasteiger partial charge in [-0.2, -0.15) is 17.5 Å². The third kappa shape index (κ3) is 5.72. The van der Waals surface area contributed by atoms with Gasteiger partial charge in [0.1, 0.15) is 23.3 Å². The average Bonchev–Trinajstić information content (AvgIpc) is 3.38. The minimum Gasteiger partial charge on any atom is -0.494 e. The van der Waals surface area contributed by atoms with Gasteiger partial charge >= 0.3 is 6.18 Å². The highest BCUT2D eigenvalue weighted by Crippen LogP contribution is 2.33. The van der Waals surface area contributed by atoms with Crippen molar-refractivity contribution in [1.82, 2.24) is 19.6 Å². The van der Waals surface area contributed by atoms with E-state index < -0.39 is 39.7 Å². The fourth-order valence-electron chi connectivity index (χ4n) is 4.02. The fraction of sp³-hybridized carbons (Fsp3) is 0.292. The molecule has 2 aromatic heterocycles. The van der Waals surface area contributed by atoms with Crippen molar-refractivity contribution in [3.63, 3.8) is 0 Å². The minimum atomic E-state index is -4.57. The topological polar surface area (TPSA) is 101 Å². The summed E-state index contributed by atoms with van der Waals surface area (Å²) in [6.45, 7) is 0.0779. The van der Waals surface area contributed by atoms with Crippen molar-refractivity contribution in [3.8, 4) is 16.9 Å². The van der Waals surface area contributed by atoms with Crippen molar-refractivity contribution in [2.45, 2.75) is 36.5 Å². The molecule has 0 aliphatic carbocycles. The van der Waals surface area contributed by atoms with Gasteiger partial charge in [0.05, 0.1) is 30.4 Å². The van der Waals surface area contributed by atoms with Gasteiger partial charge in [-0.1, -0.05) is 6.07 Å². The zero-order chi connectivity index (χ0) is 26.8. The van der Waals surface area contributed by atoms with E-state index in [0.717, 1.165) is 40.8 Å². The Hall–Kier alpha value is -3.58. The second kappa shape index (κ2) is 10.4. The third-order valence-electron chi connectivity index (χ3n) is 5.88. The Morgan fingerprint density at radius 1 is 1.14 bits per heavy atom. The summed E-state index contributed by atoms with van der Waals surface area (Å²) in [6.07, 6.45) is -1.35. The van der Waals surface area contributed by atoms with Gasteiger partial charge in [0.15, 0.2) is 0 Å². The highest BCUT2D eigenvalue weighted by Gasteiger charge is 2.39. The van der Waals surface area contributed by atoms with E-state index in [9.17, 15) is 30.8 Å². The number of alkyl halides is 3. The van der Waals surface area contributed by atoms with Crippen molar-refractivity contribution in [2.24, 2.45) is 0 Å². The van der Waals surface area contributed by atoms with Crippen LogP contribution in [-0.2, 0) is 27.5 Å². The molecule has 8 nitrogen and oxygen atoms in total. The van der Waals surface area contributed by atoms with Gasteiger partial charge in [0.2, 0.25) is 15.9 Å². The van der Waals surface area contributed by atoms with Crippen LogP contribution in [0.5, 0.6) is 5.75 Å². The predicted molar refractivity (Wildman–Crippen MR) is 124 cm³/mol. The van der Waals surface area contributed by atoms with Gasteiger partial charge in [-0.3, -0.25) is 14.8 Å². The van der Waals surface area contributed by atoms with E-state index in [1.54, 1.807) is 6.07 Å². The number of nitrogens with one attached hydrogen (secondary N) is 1. The SMILES string of the molecule is COc1cnc(CNC(=O)C2CCCN2S(=O)(=O)c2ccc(F)cc2)cc1-c1ccc(C(F)(F)F)nc1. The molecule has 1 unspecified atom stereocenters. The molecule has 1 amide bonds. The largest absolute Gasteiger partial charge is 0.494 e. The number of hydrogen-bond acceptors (Lipinski definition) is 6. The number of aromatic nitrogens is 2. The number of amides is 1. The van der Waals surface area contributed by atoms with Crippen LogP contribution in [0.3, 0.4) is 0 Å². The van der Waals surface area contributed by atoms with E-state index in [2.05, 4.69) is 15.3 Å². The first-order valence-electron chi connectivity index (χ1n) is 11.1. The maximum atomic E-state index is 13.2. The molecule has 1 N–H and O–H groups in total. The highest BCUT2D eigenvalue weighted by atomic mass is 32.2. The van der Waals surface area contributed by atoms with Crippen LogP contribution < -0.4 is 10.1 Å². The van der Waals surface area contributed by atoms with E-state index in [1.807, 2.05) is 0 Å². The van der Waals surface area contributed by atoms with Crippen LogP contribution in [-0.4, -0.2) is 48.3 Å². The smallest absolute Gasteiger partial charge is 0.433 e. The summed E-state index contributed by atoms with van der Waals surface area (Å²) >= 11 is 0. The van der Waals surface area contributed by atoms with Gasteiger partial charge in [-0.15, -0.1) is 0 Å². The molecule has 4 rings (SSSR count). The first-order valence-corrected chi connectivity index (χ1v) is 12.6. The Kier molecular flexibility index (Phi) is 7.46. The van der Waals surface area contributed by atoms with Gasteiger partial charge < -0.3 is 10.1 Å². The van der Waals surface area contributed by atoms with Crippen molar-refractivity contribution >= 4 is 15.9 Å². The number of ether oxygens (including phenoxy) is 1. The summed E-state index contributed by atoms with van der Waals surface area (Å²) in [4.78, 5) is 20.5. The lowest BCUT2D eigenvalue weighted by Gasteiger charge is -2.23. The highest BCUT2D eigenvalue weighted by molar-refractivity contribution is 7.89. The van der Waals surface area contributed by atoms with Gasteiger partial charge in [-0.05, 0) is 49.2 Å². The van der Waals surface area contributed by atoms with E-state index in [1.165, 1.54) is 19.4 Å². The Morgan fingerprint density at radius 2 is 1.86 bits per heavy atom. The summed E-state index contributed by atoms with van der Waals surface area (Å²) in [5.41, 5.74) is 0.111. The van der Waals surface area contributed by atoms with Crippen molar-refractivity contribution in [3.05, 3.63) is 72.1 Å². The zero-order valence-corrected chi connectivity index (χ0v) is 20.3. The Bertz CT molecular complexity index is 1380. The second-order valence-corrected chi connectivity index (χ2v) is 10.1. The molecule has 1 aromatic carbocycles. The number of benzene rings is 1. The lowest BCUT2D eigenvalue weighted by Crippen LogP contribution is -2.45. The molecule has 0 saturated carbocycles. The number of pyridine rings is 2. The van der Waals surface area contributed by atoms with Gasteiger partial charge in [0.25, 0.3) is 0 Å². The zero-order valence-electron chi connectivity index (χ0n) is 19.5. The van der Waals surface area contributed by atoms with Gasteiger partial charge in [-0.25, -0.2) is 12.8 Å². The maximum absolute atomic E-state index is 13.2. The number of halogens is 4. The molecule has 37 heavy (non-hydrogen) atoms. The number of nitrogens with zero attached hydrogens (tertiary/aromatic N) is 3. The number of carbonyl (C=O) groups excluding carboxylic acids is 1. The standard InChI is InChI=1S/C24H22F4N4O4S/c1-36-21-14-29-17(11-19(21)15-4-9-22(30-12-15)24(26,27)28)13-31-23(33)20-3-2-10-32(20)37(34,35)18-7-5-16(25)6-8-18/h4-9,11-12,14,20H,2-3,10,13H2,1H3,(H,31,33). The summed E-state index contributed by atoms with van der Waals surface area (Å²) in [6, 6.07) is 7.08. The normalized spacial score (nSPS) is 16.5. The first-order chi connectivity index (χ1) is 17.5. The summed E-state index contributed by atoms with van der Waals surface area (Å²) in [5, 5.41) is 2.68. The van der Waals surface area contributed by atoms with Crippen LogP contribution in [0, 0.1) is 5.82 Å². The lowest BCUT2D eigenvalue weighted by atomic mass is 10.1. The Morgan fingerprint density at radius 3 is 2.49 bits per heavy atom. The predicted octanol–water partition coefficient (Wildman–Crippen LogP) is 3.78. The molecule has 1 atom stereocenters. The number of methoxy groups -OCH3 is 1. The van der Waals surface area contributed by atoms with Crippen LogP contribution >= 0.6 is 0 Å². The maximum Gasteiger partial charge on any atom is 0.433 e. The van der Waals surface area contributed by atoms with Crippen LogP contribution in [0.25, 0.3) is 11.1 Å². The molecule has 1 aliphatic rings. The molecule has 1 aliphatic heterocycles. The number of sulfonamides is 1. The van der Waals surface area contributed by atoms with E-state index in [0.29, 0.717) is 35.4 Å². The van der Waals surface area contributed by atoms with Crippen molar-refractivity contribution in [2.75, 3.05) is 13.7 Å². The lowest BCUT2D eigenvalue weighted by molar-refractivity contribution is -0.141. The van der Waals surface area contributed by atoms with Crippen LogP contribution in [0.1, 0.15) is 24.2 Å². The molecule has 3 heterocycles. The average molecular weight is 539 g/mol. The molecule has 196 valence electrons. The molecule has 1 fully saturated rings. The quantitative estimate of drug-likeness (QED) is 0.460. The fourth-order valence-corrected chi connectivity index (χ4v) is 5.68. The van der Waals surface area contributed by atoms with Crippen LogP contribution in [0.2, 0.25) is 0 Å². The monoisotopic (exact) mass is 538 g/mol. The summed E-state index contributed by atoms with van der Waals surface area (Å²) in [5.74, 6) is -0.810. The Balaban J connectivity index is 1.49. The number of carbonyl (C=O) groups is 1. The van der Waals surface area contributed by atoms with E-state index in [-0.39, 0.29) is 18.0 Å². The third-order valence-corrected chi connectivity index (χ3v) is 7.80. The van der Waals surface area contributed by atoms with E-state index >= 15 is 0 Å². The van der Waals surface area contributed by atoms with Crippen molar-refractivity contribution < 1.29 is 35.5 Å². The summed E-state index contributed by atoms with van der Waals surface area (Å²) in [7, 11) is -2.63. The second-order valence-electron chi connectivity index (χ2n) is 8.25. The van der Waals surface area contributed by atoms with Crippen molar-refractivity contribution in [1.29, 1.82) is 0 Å². The molecule has 0 bridgehead atoms. The first kappa shape index (κ1) is 26.5. The Labute approximate surface area is 210 Å².